The Morgan fingerprint density at radius 3 is 2.04 bits per heavy atom. The molecule has 0 aliphatic rings. The molecule has 0 aliphatic heterocycles. The van der Waals surface area contributed by atoms with Crippen molar-refractivity contribution in [3.63, 3.8) is 0 Å². The minimum Gasteiger partial charge on any atom is -0.449 e. The molecule has 1 atom stereocenters. The van der Waals surface area contributed by atoms with Crippen LogP contribution in [0.15, 0.2) is 42.5 Å². The molecule has 1 N–H and O–H groups in total. The first-order chi connectivity index (χ1) is 11.8. The van der Waals surface area contributed by atoms with Crippen LogP contribution < -0.4 is 5.32 Å². The topological polar surface area (TPSA) is 72.5 Å². The minimum atomic E-state index is -1.03. The highest BCUT2D eigenvalue weighted by molar-refractivity contribution is 6.35. The molecule has 0 aromatic heterocycles. The van der Waals surface area contributed by atoms with E-state index in [1.165, 1.54) is 32.0 Å². The van der Waals surface area contributed by atoms with E-state index in [0.29, 0.717) is 21.3 Å². The zero-order valence-electron chi connectivity index (χ0n) is 13.5. The summed E-state index contributed by atoms with van der Waals surface area (Å²) in [4.78, 5) is 35.4. The van der Waals surface area contributed by atoms with Crippen molar-refractivity contribution in [2.45, 2.75) is 20.0 Å². The molecule has 0 radical (unpaired) electrons. The van der Waals surface area contributed by atoms with Gasteiger partial charge < -0.3 is 10.1 Å². The number of carbonyl (C=O) groups is 3. The number of esters is 1. The van der Waals surface area contributed by atoms with Crippen molar-refractivity contribution < 1.29 is 19.1 Å². The Morgan fingerprint density at radius 1 is 0.960 bits per heavy atom. The molecular formula is C18H15Cl2NO4. The molecule has 25 heavy (non-hydrogen) atoms. The predicted octanol–water partition coefficient (Wildman–Crippen LogP) is 4.38. The highest BCUT2D eigenvalue weighted by atomic mass is 35.5. The third-order valence-corrected chi connectivity index (χ3v) is 3.75. The Morgan fingerprint density at radius 2 is 1.52 bits per heavy atom. The van der Waals surface area contributed by atoms with E-state index >= 15 is 0 Å². The lowest BCUT2D eigenvalue weighted by atomic mass is 10.1. The SMILES string of the molecule is CC(=O)c1ccc(NC(=O)[C@@H](C)OC(=O)c2cc(Cl)cc(Cl)c2)cc1. The van der Waals surface area contributed by atoms with Gasteiger partial charge in [0.15, 0.2) is 11.9 Å². The number of rotatable bonds is 5. The summed E-state index contributed by atoms with van der Waals surface area (Å²) < 4.78 is 5.12. The third-order valence-electron chi connectivity index (χ3n) is 3.31. The number of benzene rings is 2. The van der Waals surface area contributed by atoms with Crippen LogP contribution in [0.1, 0.15) is 34.6 Å². The summed E-state index contributed by atoms with van der Waals surface area (Å²) in [7, 11) is 0. The quantitative estimate of drug-likeness (QED) is 0.617. The number of anilines is 1. The molecule has 0 aliphatic carbocycles. The summed E-state index contributed by atoms with van der Waals surface area (Å²) in [5, 5.41) is 3.20. The lowest BCUT2D eigenvalue weighted by molar-refractivity contribution is -0.123. The summed E-state index contributed by atoms with van der Waals surface area (Å²) >= 11 is 11.7. The van der Waals surface area contributed by atoms with Crippen molar-refractivity contribution in [1.29, 1.82) is 0 Å². The molecule has 2 rings (SSSR count). The van der Waals surface area contributed by atoms with E-state index in [2.05, 4.69) is 5.32 Å². The van der Waals surface area contributed by atoms with Crippen LogP contribution in [-0.4, -0.2) is 23.8 Å². The number of amides is 1. The largest absolute Gasteiger partial charge is 0.449 e. The predicted molar refractivity (Wildman–Crippen MR) is 96.4 cm³/mol. The van der Waals surface area contributed by atoms with Gasteiger partial charge in [-0.1, -0.05) is 23.2 Å². The van der Waals surface area contributed by atoms with E-state index in [9.17, 15) is 14.4 Å². The molecule has 0 spiro atoms. The first-order valence-corrected chi connectivity index (χ1v) is 8.11. The minimum absolute atomic E-state index is 0.0691. The average molecular weight is 380 g/mol. The molecule has 0 heterocycles. The van der Waals surface area contributed by atoms with Crippen LogP contribution in [0.25, 0.3) is 0 Å². The van der Waals surface area contributed by atoms with Crippen LogP contribution in [0, 0.1) is 0 Å². The number of ketones is 1. The highest BCUT2D eigenvalue weighted by Crippen LogP contribution is 2.20. The van der Waals surface area contributed by atoms with E-state index in [-0.39, 0.29) is 11.3 Å². The Labute approximate surface area is 154 Å². The Hall–Kier alpha value is -2.37. The summed E-state index contributed by atoms with van der Waals surface area (Å²) in [6.07, 6.45) is -1.03. The Bertz CT molecular complexity index is 798. The van der Waals surface area contributed by atoms with Crippen molar-refractivity contribution >= 4 is 46.5 Å². The molecule has 7 heteroatoms. The van der Waals surface area contributed by atoms with Gasteiger partial charge in [0.05, 0.1) is 5.56 Å². The zero-order valence-corrected chi connectivity index (χ0v) is 15.0. The van der Waals surface area contributed by atoms with Gasteiger partial charge in [-0.05, 0) is 56.3 Å². The zero-order chi connectivity index (χ0) is 18.6. The standard InChI is InChI=1S/C18H15Cl2NO4/c1-10(22)12-3-5-16(6-4-12)21-17(23)11(2)25-18(24)13-7-14(19)9-15(20)8-13/h3-9,11H,1-2H3,(H,21,23)/t11-/m1/s1. The first kappa shape index (κ1) is 19.0. The normalized spacial score (nSPS) is 11.5. The van der Waals surface area contributed by atoms with Crippen LogP contribution in [0.4, 0.5) is 5.69 Å². The molecule has 5 nitrogen and oxygen atoms in total. The number of nitrogens with one attached hydrogen (secondary N) is 1. The van der Waals surface area contributed by atoms with Gasteiger partial charge in [0, 0.05) is 21.3 Å². The summed E-state index contributed by atoms with van der Waals surface area (Å²) in [6, 6.07) is 10.7. The van der Waals surface area contributed by atoms with Crippen LogP contribution in [-0.2, 0) is 9.53 Å². The fourth-order valence-electron chi connectivity index (χ4n) is 1.99. The average Bonchev–Trinajstić information content (AvgIpc) is 2.54. The second-order valence-electron chi connectivity index (χ2n) is 5.33. The fourth-order valence-corrected chi connectivity index (χ4v) is 2.51. The number of ether oxygens (including phenoxy) is 1. The van der Waals surface area contributed by atoms with Crippen LogP contribution in [0.5, 0.6) is 0 Å². The maximum absolute atomic E-state index is 12.1. The van der Waals surface area contributed by atoms with Gasteiger partial charge in [0.2, 0.25) is 0 Å². The highest BCUT2D eigenvalue weighted by Gasteiger charge is 2.19. The monoisotopic (exact) mass is 379 g/mol. The van der Waals surface area contributed by atoms with Crippen molar-refractivity contribution in [1.82, 2.24) is 0 Å². The molecule has 130 valence electrons. The molecule has 0 unspecified atom stereocenters. The van der Waals surface area contributed by atoms with Gasteiger partial charge >= 0.3 is 5.97 Å². The molecule has 0 saturated heterocycles. The molecular weight excluding hydrogens is 365 g/mol. The first-order valence-electron chi connectivity index (χ1n) is 7.35. The fraction of sp³-hybridized carbons (Fsp3) is 0.167. The third kappa shape index (κ3) is 5.31. The van der Waals surface area contributed by atoms with Crippen molar-refractivity contribution in [3.8, 4) is 0 Å². The lowest BCUT2D eigenvalue weighted by Crippen LogP contribution is -2.30. The number of halogens is 2. The second kappa shape index (κ2) is 8.14. The van der Waals surface area contributed by atoms with E-state index in [0.717, 1.165) is 0 Å². The molecule has 0 saturated carbocycles. The molecule has 2 aromatic carbocycles. The summed E-state index contributed by atoms with van der Waals surface area (Å²) in [5.41, 5.74) is 1.18. The number of Topliss-reactive ketones (excluding diaryl/α,β-unsaturated/α-hetero) is 1. The van der Waals surface area contributed by atoms with E-state index in [4.69, 9.17) is 27.9 Å². The Balaban J connectivity index is 1.99. The summed E-state index contributed by atoms with van der Waals surface area (Å²) in [5.74, 6) is -1.28. The van der Waals surface area contributed by atoms with Gasteiger partial charge in [-0.25, -0.2) is 4.79 Å². The van der Waals surface area contributed by atoms with Gasteiger partial charge in [-0.3, -0.25) is 9.59 Å². The maximum Gasteiger partial charge on any atom is 0.339 e. The van der Waals surface area contributed by atoms with Gasteiger partial charge in [-0.15, -0.1) is 0 Å². The smallest absolute Gasteiger partial charge is 0.339 e. The van der Waals surface area contributed by atoms with Gasteiger partial charge in [-0.2, -0.15) is 0 Å². The molecule has 0 bridgehead atoms. The molecule has 0 fully saturated rings. The van der Waals surface area contributed by atoms with E-state index in [1.54, 1.807) is 24.3 Å². The maximum atomic E-state index is 12.1. The van der Waals surface area contributed by atoms with Crippen molar-refractivity contribution in [2.24, 2.45) is 0 Å². The van der Waals surface area contributed by atoms with Gasteiger partial charge in [0.1, 0.15) is 0 Å². The van der Waals surface area contributed by atoms with E-state index in [1.807, 2.05) is 0 Å². The molecule has 2 aromatic rings. The van der Waals surface area contributed by atoms with Crippen molar-refractivity contribution in [2.75, 3.05) is 5.32 Å². The number of carbonyl (C=O) groups excluding carboxylic acids is 3. The van der Waals surface area contributed by atoms with Crippen LogP contribution >= 0.6 is 23.2 Å². The number of hydrogen-bond donors (Lipinski definition) is 1. The van der Waals surface area contributed by atoms with E-state index < -0.39 is 18.0 Å². The van der Waals surface area contributed by atoms with Gasteiger partial charge in [0.25, 0.3) is 5.91 Å². The Kier molecular flexibility index (Phi) is 6.17. The molecule has 1 amide bonds. The second-order valence-corrected chi connectivity index (χ2v) is 6.20. The lowest BCUT2D eigenvalue weighted by Gasteiger charge is -2.14. The van der Waals surface area contributed by atoms with Crippen LogP contribution in [0.2, 0.25) is 10.0 Å². The number of hydrogen-bond acceptors (Lipinski definition) is 4. The summed E-state index contributed by atoms with van der Waals surface area (Å²) in [6.45, 7) is 2.90. The van der Waals surface area contributed by atoms with Crippen molar-refractivity contribution in [3.05, 3.63) is 63.6 Å². The van der Waals surface area contributed by atoms with Crippen LogP contribution in [0.3, 0.4) is 0 Å².